The van der Waals surface area contributed by atoms with Gasteiger partial charge in [-0.15, -0.1) is 0 Å². The van der Waals surface area contributed by atoms with Crippen LogP contribution < -0.4 is 4.72 Å². The molecule has 0 fully saturated rings. The number of phenolic OH excluding ortho intramolecular Hbond substituents is 1. The van der Waals surface area contributed by atoms with Crippen LogP contribution in [0, 0.1) is 5.82 Å². The van der Waals surface area contributed by atoms with Crippen molar-refractivity contribution in [3.05, 3.63) is 52.8 Å². The zero-order chi connectivity index (χ0) is 14.0. The average Bonchev–Trinajstić information content (AvgIpc) is 2.34. The molecule has 2 aromatic carbocycles. The van der Waals surface area contributed by atoms with Crippen LogP contribution in [0.5, 0.6) is 5.75 Å². The molecule has 0 amide bonds. The molecular formula is C12H9BrFNO3S. The van der Waals surface area contributed by atoms with Crippen LogP contribution in [0.3, 0.4) is 0 Å². The molecular weight excluding hydrogens is 337 g/mol. The van der Waals surface area contributed by atoms with E-state index < -0.39 is 15.8 Å². The third-order valence-corrected chi connectivity index (χ3v) is 4.24. The molecule has 0 aliphatic heterocycles. The molecule has 0 unspecified atom stereocenters. The Hall–Kier alpha value is -1.60. The Balaban J connectivity index is 2.36. The van der Waals surface area contributed by atoms with Crippen molar-refractivity contribution in [2.75, 3.05) is 4.72 Å². The number of aromatic hydroxyl groups is 1. The summed E-state index contributed by atoms with van der Waals surface area (Å²) in [6, 6.07) is 8.94. The molecule has 7 heteroatoms. The van der Waals surface area contributed by atoms with Crippen molar-refractivity contribution < 1.29 is 17.9 Å². The highest BCUT2D eigenvalue weighted by atomic mass is 79.9. The number of phenols is 1. The first-order chi connectivity index (χ1) is 8.88. The fraction of sp³-hybridized carbons (Fsp3) is 0. The maximum absolute atomic E-state index is 13.0. The highest BCUT2D eigenvalue weighted by Crippen LogP contribution is 2.26. The number of hydrogen-bond acceptors (Lipinski definition) is 3. The molecule has 0 bridgehead atoms. The molecule has 0 heterocycles. The Morgan fingerprint density at radius 1 is 1.11 bits per heavy atom. The molecule has 0 aliphatic rings. The molecule has 0 radical (unpaired) electrons. The summed E-state index contributed by atoms with van der Waals surface area (Å²) >= 11 is 3.20. The van der Waals surface area contributed by atoms with Crippen LogP contribution in [0.15, 0.2) is 51.8 Å². The number of nitrogens with one attached hydrogen (secondary N) is 1. The molecule has 4 nitrogen and oxygen atoms in total. The SMILES string of the molecule is O=S(=O)(Nc1cc(F)ccc1O)c1ccc(Br)cc1. The molecule has 2 rings (SSSR count). The Morgan fingerprint density at radius 3 is 2.37 bits per heavy atom. The molecule has 0 atom stereocenters. The fourth-order valence-electron chi connectivity index (χ4n) is 1.41. The number of hydrogen-bond donors (Lipinski definition) is 2. The molecule has 0 saturated heterocycles. The van der Waals surface area contributed by atoms with E-state index in [2.05, 4.69) is 20.7 Å². The Labute approximate surface area is 118 Å². The first-order valence-corrected chi connectivity index (χ1v) is 7.43. The van der Waals surface area contributed by atoms with E-state index in [0.29, 0.717) is 0 Å². The number of halogens is 2. The van der Waals surface area contributed by atoms with Gasteiger partial charge < -0.3 is 5.11 Å². The van der Waals surface area contributed by atoms with Crippen molar-refractivity contribution in [2.45, 2.75) is 4.90 Å². The lowest BCUT2D eigenvalue weighted by Gasteiger charge is -2.09. The molecule has 0 aliphatic carbocycles. The van der Waals surface area contributed by atoms with Crippen molar-refractivity contribution >= 4 is 31.6 Å². The molecule has 19 heavy (non-hydrogen) atoms. The van der Waals surface area contributed by atoms with Gasteiger partial charge in [0.1, 0.15) is 11.6 Å². The Bertz CT molecular complexity index is 701. The maximum atomic E-state index is 13.0. The van der Waals surface area contributed by atoms with Crippen LogP contribution in [0.2, 0.25) is 0 Å². The van der Waals surface area contributed by atoms with Gasteiger partial charge in [-0.2, -0.15) is 0 Å². The minimum absolute atomic E-state index is 0.0133. The smallest absolute Gasteiger partial charge is 0.262 e. The first kappa shape index (κ1) is 13.8. The standard InChI is InChI=1S/C12H9BrFNO3S/c13-8-1-4-10(5-2-8)19(17,18)15-11-7-9(14)3-6-12(11)16/h1-7,15-16H. The summed E-state index contributed by atoms with van der Waals surface area (Å²) in [7, 11) is -3.87. The molecule has 0 aromatic heterocycles. The second kappa shape index (κ2) is 5.18. The van der Waals surface area contributed by atoms with Gasteiger partial charge in [0, 0.05) is 10.5 Å². The van der Waals surface area contributed by atoms with Gasteiger partial charge in [0.2, 0.25) is 0 Å². The quantitative estimate of drug-likeness (QED) is 0.840. The maximum Gasteiger partial charge on any atom is 0.262 e. The van der Waals surface area contributed by atoms with Crippen LogP contribution >= 0.6 is 15.9 Å². The minimum atomic E-state index is -3.87. The van der Waals surface area contributed by atoms with Crippen LogP contribution in [-0.4, -0.2) is 13.5 Å². The largest absolute Gasteiger partial charge is 0.506 e. The van der Waals surface area contributed by atoms with E-state index in [-0.39, 0.29) is 16.3 Å². The summed E-state index contributed by atoms with van der Waals surface area (Å²) in [5, 5.41) is 9.49. The summed E-state index contributed by atoms with van der Waals surface area (Å²) in [6.45, 7) is 0. The van der Waals surface area contributed by atoms with Crippen molar-refractivity contribution in [3.8, 4) is 5.75 Å². The predicted octanol–water partition coefficient (Wildman–Crippen LogP) is 3.09. The summed E-state index contributed by atoms with van der Waals surface area (Å²) in [4.78, 5) is 0.0133. The normalized spacial score (nSPS) is 11.3. The van der Waals surface area contributed by atoms with Crippen LogP contribution in [0.25, 0.3) is 0 Å². The van der Waals surface area contributed by atoms with Gasteiger partial charge in [-0.3, -0.25) is 4.72 Å². The van der Waals surface area contributed by atoms with E-state index in [1.807, 2.05) is 0 Å². The molecule has 0 saturated carbocycles. The molecule has 0 spiro atoms. The van der Waals surface area contributed by atoms with Gasteiger partial charge in [-0.25, -0.2) is 12.8 Å². The minimum Gasteiger partial charge on any atom is -0.506 e. The second-order valence-electron chi connectivity index (χ2n) is 3.72. The summed E-state index contributed by atoms with van der Waals surface area (Å²) < 4.78 is 39.9. The molecule has 2 aromatic rings. The third kappa shape index (κ3) is 3.24. The molecule has 100 valence electrons. The van der Waals surface area contributed by atoms with E-state index >= 15 is 0 Å². The van der Waals surface area contributed by atoms with Crippen LogP contribution in [-0.2, 0) is 10.0 Å². The lowest BCUT2D eigenvalue weighted by atomic mass is 10.3. The van der Waals surface area contributed by atoms with Crippen LogP contribution in [0.1, 0.15) is 0 Å². The summed E-state index contributed by atoms with van der Waals surface area (Å²) in [6.07, 6.45) is 0. The summed E-state index contributed by atoms with van der Waals surface area (Å²) in [5.74, 6) is -0.992. The zero-order valence-corrected chi connectivity index (χ0v) is 11.9. The number of rotatable bonds is 3. The van der Waals surface area contributed by atoms with Gasteiger partial charge in [0.15, 0.2) is 0 Å². The van der Waals surface area contributed by atoms with E-state index in [9.17, 15) is 17.9 Å². The molecule has 2 N–H and O–H groups in total. The average molecular weight is 346 g/mol. The van der Waals surface area contributed by atoms with E-state index in [0.717, 1.165) is 22.7 Å². The summed E-state index contributed by atoms with van der Waals surface area (Å²) in [5.41, 5.74) is -0.206. The number of sulfonamides is 1. The topological polar surface area (TPSA) is 66.4 Å². The number of anilines is 1. The van der Waals surface area contributed by atoms with E-state index in [1.54, 1.807) is 12.1 Å². The monoisotopic (exact) mass is 345 g/mol. The van der Waals surface area contributed by atoms with Crippen molar-refractivity contribution in [2.24, 2.45) is 0 Å². The van der Waals surface area contributed by atoms with Crippen LogP contribution in [0.4, 0.5) is 10.1 Å². The highest BCUT2D eigenvalue weighted by molar-refractivity contribution is 9.10. The van der Waals surface area contributed by atoms with Gasteiger partial charge in [0.05, 0.1) is 10.6 Å². The Morgan fingerprint density at radius 2 is 1.74 bits per heavy atom. The highest BCUT2D eigenvalue weighted by Gasteiger charge is 2.16. The first-order valence-electron chi connectivity index (χ1n) is 5.15. The zero-order valence-electron chi connectivity index (χ0n) is 9.47. The van der Waals surface area contributed by atoms with Crippen molar-refractivity contribution in [3.63, 3.8) is 0 Å². The van der Waals surface area contributed by atoms with Crippen molar-refractivity contribution in [1.82, 2.24) is 0 Å². The lowest BCUT2D eigenvalue weighted by molar-refractivity contribution is 0.475. The lowest BCUT2D eigenvalue weighted by Crippen LogP contribution is -2.13. The Kier molecular flexibility index (Phi) is 3.77. The van der Waals surface area contributed by atoms with E-state index in [4.69, 9.17) is 0 Å². The second-order valence-corrected chi connectivity index (χ2v) is 6.32. The fourth-order valence-corrected chi connectivity index (χ4v) is 2.74. The van der Waals surface area contributed by atoms with Gasteiger partial charge in [-0.05, 0) is 36.4 Å². The third-order valence-electron chi connectivity index (χ3n) is 2.33. The van der Waals surface area contributed by atoms with E-state index in [1.165, 1.54) is 12.1 Å². The number of benzene rings is 2. The van der Waals surface area contributed by atoms with Gasteiger partial charge in [0.25, 0.3) is 10.0 Å². The van der Waals surface area contributed by atoms with Gasteiger partial charge >= 0.3 is 0 Å². The predicted molar refractivity (Wildman–Crippen MR) is 73.0 cm³/mol. The van der Waals surface area contributed by atoms with Crippen molar-refractivity contribution in [1.29, 1.82) is 0 Å². The van der Waals surface area contributed by atoms with Gasteiger partial charge in [-0.1, -0.05) is 15.9 Å².